The zero-order chi connectivity index (χ0) is 23.8. The van der Waals surface area contributed by atoms with E-state index in [-0.39, 0.29) is 35.2 Å². The number of hydrogen-bond donors (Lipinski definition) is 1. The van der Waals surface area contributed by atoms with Gasteiger partial charge in [0, 0.05) is 38.3 Å². The van der Waals surface area contributed by atoms with Crippen LogP contribution in [0.4, 0.5) is 5.69 Å². The molecule has 2 aromatic carbocycles. The molecule has 2 atom stereocenters. The molecule has 1 N–H and O–H groups in total. The van der Waals surface area contributed by atoms with E-state index < -0.39 is 10.0 Å². The highest BCUT2D eigenvalue weighted by molar-refractivity contribution is 7.89. The fourth-order valence-corrected chi connectivity index (χ4v) is 6.39. The fraction of sp³-hybridized carbons (Fsp3) is 0.440. The first-order chi connectivity index (χ1) is 15.7. The molecule has 0 aliphatic carbocycles. The first kappa shape index (κ1) is 23.4. The van der Waals surface area contributed by atoms with Crippen LogP contribution in [0.5, 0.6) is 0 Å². The summed E-state index contributed by atoms with van der Waals surface area (Å²) in [6.07, 6.45) is 1.94. The molecule has 0 unspecified atom stereocenters. The Morgan fingerprint density at radius 2 is 1.85 bits per heavy atom. The fourth-order valence-electron chi connectivity index (χ4n) is 4.81. The number of piperidine rings is 1. The summed E-state index contributed by atoms with van der Waals surface area (Å²) in [7, 11) is -3.73. The number of carbonyl (C=O) groups is 2. The number of sulfonamides is 1. The van der Waals surface area contributed by atoms with Crippen LogP contribution < -0.4 is 10.2 Å². The van der Waals surface area contributed by atoms with Crippen molar-refractivity contribution in [2.75, 3.05) is 18.0 Å². The van der Waals surface area contributed by atoms with Crippen LogP contribution in [0.2, 0.25) is 0 Å². The minimum atomic E-state index is -3.73. The van der Waals surface area contributed by atoms with Crippen molar-refractivity contribution in [3.63, 3.8) is 0 Å². The summed E-state index contributed by atoms with van der Waals surface area (Å²) in [5.41, 5.74) is 3.82. The molecule has 0 aromatic heterocycles. The van der Waals surface area contributed by atoms with Gasteiger partial charge in [0.25, 0.3) is 0 Å². The number of amides is 2. The van der Waals surface area contributed by atoms with Crippen LogP contribution in [-0.4, -0.2) is 43.7 Å². The predicted molar refractivity (Wildman–Crippen MR) is 127 cm³/mol. The smallest absolute Gasteiger partial charge is 0.243 e. The molecule has 2 aliphatic heterocycles. The van der Waals surface area contributed by atoms with Gasteiger partial charge in [-0.25, -0.2) is 8.42 Å². The Labute approximate surface area is 195 Å². The number of hydrogen-bond acceptors (Lipinski definition) is 4. The standard InChI is InChI=1S/C25H31N3O4S/c1-17-6-8-20(9-7-17)15-26-25(30)21-5-4-12-27(16-21)33(31,32)23-10-11-24-22(14-23)13-18(2)28(24)19(3)29/h6-11,14,18,21H,4-5,12-13,15-16H2,1-3H3,(H,26,30)/t18-,21-/m0/s1. The lowest BCUT2D eigenvalue weighted by molar-refractivity contribution is -0.126. The quantitative estimate of drug-likeness (QED) is 0.729. The minimum Gasteiger partial charge on any atom is -0.352 e. The van der Waals surface area contributed by atoms with Crippen molar-refractivity contribution in [1.82, 2.24) is 9.62 Å². The number of nitrogens with zero attached hydrogens (tertiary/aromatic N) is 2. The van der Waals surface area contributed by atoms with Gasteiger partial charge in [-0.05, 0) is 62.4 Å². The van der Waals surface area contributed by atoms with E-state index >= 15 is 0 Å². The van der Waals surface area contributed by atoms with Crippen molar-refractivity contribution in [1.29, 1.82) is 0 Å². The lowest BCUT2D eigenvalue weighted by Gasteiger charge is -2.31. The third kappa shape index (κ3) is 4.82. The number of carbonyl (C=O) groups excluding carboxylic acids is 2. The maximum atomic E-state index is 13.4. The van der Waals surface area contributed by atoms with Crippen molar-refractivity contribution in [2.45, 2.75) is 57.5 Å². The number of anilines is 1. The molecule has 2 aromatic rings. The first-order valence-corrected chi connectivity index (χ1v) is 12.9. The zero-order valence-corrected chi connectivity index (χ0v) is 20.2. The highest BCUT2D eigenvalue weighted by Crippen LogP contribution is 2.35. The van der Waals surface area contributed by atoms with Gasteiger partial charge in [-0.15, -0.1) is 0 Å². The van der Waals surface area contributed by atoms with Crippen molar-refractivity contribution >= 4 is 27.5 Å². The summed E-state index contributed by atoms with van der Waals surface area (Å²) in [6, 6.07) is 13.0. The molecule has 2 amide bonds. The second-order valence-electron chi connectivity index (χ2n) is 9.14. The van der Waals surface area contributed by atoms with Crippen molar-refractivity contribution in [2.24, 2.45) is 5.92 Å². The van der Waals surface area contributed by atoms with Crippen LogP contribution in [0, 0.1) is 12.8 Å². The second kappa shape index (κ2) is 9.27. The van der Waals surface area contributed by atoms with Gasteiger partial charge < -0.3 is 10.2 Å². The van der Waals surface area contributed by atoms with E-state index in [0.717, 1.165) is 22.4 Å². The SMILES string of the molecule is CC(=O)N1c2ccc(S(=O)(=O)N3CCC[C@H](C(=O)NCc4ccc(C)cc4)C3)cc2C[C@@H]1C. The van der Waals surface area contributed by atoms with E-state index in [1.54, 1.807) is 23.1 Å². The molecule has 7 nitrogen and oxygen atoms in total. The van der Waals surface area contributed by atoms with E-state index in [9.17, 15) is 18.0 Å². The minimum absolute atomic E-state index is 0.00652. The molecule has 1 fully saturated rings. The van der Waals surface area contributed by atoms with E-state index in [4.69, 9.17) is 0 Å². The number of fused-ring (bicyclic) bond motifs is 1. The van der Waals surface area contributed by atoms with Crippen LogP contribution in [0.25, 0.3) is 0 Å². The normalized spacial score (nSPS) is 21.0. The van der Waals surface area contributed by atoms with Gasteiger partial charge in [0.1, 0.15) is 0 Å². The number of nitrogens with one attached hydrogen (secondary N) is 1. The van der Waals surface area contributed by atoms with Gasteiger partial charge in [0.05, 0.1) is 10.8 Å². The van der Waals surface area contributed by atoms with E-state index in [0.29, 0.717) is 32.4 Å². The average Bonchev–Trinajstić information content (AvgIpc) is 3.13. The molecular weight excluding hydrogens is 438 g/mol. The van der Waals surface area contributed by atoms with Gasteiger partial charge in [-0.3, -0.25) is 9.59 Å². The largest absolute Gasteiger partial charge is 0.352 e. The summed E-state index contributed by atoms with van der Waals surface area (Å²) in [6.45, 7) is 6.50. The molecule has 33 heavy (non-hydrogen) atoms. The van der Waals surface area contributed by atoms with Crippen molar-refractivity contribution < 1.29 is 18.0 Å². The van der Waals surface area contributed by atoms with Gasteiger partial charge >= 0.3 is 0 Å². The number of benzene rings is 2. The van der Waals surface area contributed by atoms with Crippen LogP contribution in [0.1, 0.15) is 43.4 Å². The van der Waals surface area contributed by atoms with Crippen LogP contribution >= 0.6 is 0 Å². The predicted octanol–water partition coefficient (Wildman–Crippen LogP) is 3.01. The Balaban J connectivity index is 1.45. The number of aryl methyl sites for hydroxylation is 1. The molecule has 4 rings (SSSR count). The lowest BCUT2D eigenvalue weighted by atomic mass is 9.98. The van der Waals surface area contributed by atoms with Gasteiger partial charge in [0.15, 0.2) is 0 Å². The summed E-state index contributed by atoms with van der Waals surface area (Å²) >= 11 is 0. The molecule has 2 heterocycles. The van der Waals surface area contributed by atoms with E-state index in [1.165, 1.54) is 11.2 Å². The van der Waals surface area contributed by atoms with E-state index in [2.05, 4.69) is 5.32 Å². The third-order valence-corrected chi connectivity index (χ3v) is 8.45. The zero-order valence-electron chi connectivity index (χ0n) is 19.4. The molecule has 2 aliphatic rings. The molecule has 176 valence electrons. The maximum Gasteiger partial charge on any atom is 0.243 e. The molecular formula is C25H31N3O4S. The topological polar surface area (TPSA) is 86.8 Å². The Morgan fingerprint density at radius 1 is 1.12 bits per heavy atom. The van der Waals surface area contributed by atoms with Crippen LogP contribution in [-0.2, 0) is 32.6 Å². The van der Waals surface area contributed by atoms with Gasteiger partial charge in [0.2, 0.25) is 21.8 Å². The average molecular weight is 470 g/mol. The number of rotatable bonds is 5. The summed E-state index contributed by atoms with van der Waals surface area (Å²) < 4.78 is 28.2. The van der Waals surface area contributed by atoms with E-state index in [1.807, 2.05) is 38.1 Å². The highest BCUT2D eigenvalue weighted by Gasteiger charge is 2.35. The van der Waals surface area contributed by atoms with Gasteiger partial charge in [-0.1, -0.05) is 29.8 Å². The van der Waals surface area contributed by atoms with Crippen molar-refractivity contribution in [3.05, 3.63) is 59.2 Å². The second-order valence-corrected chi connectivity index (χ2v) is 11.1. The molecule has 1 saturated heterocycles. The Hall–Kier alpha value is -2.71. The summed E-state index contributed by atoms with van der Waals surface area (Å²) in [5, 5.41) is 2.96. The molecule has 0 radical (unpaired) electrons. The molecule has 0 bridgehead atoms. The Morgan fingerprint density at radius 3 is 2.55 bits per heavy atom. The summed E-state index contributed by atoms with van der Waals surface area (Å²) in [5.74, 6) is -0.538. The molecule has 8 heteroatoms. The first-order valence-electron chi connectivity index (χ1n) is 11.4. The third-order valence-electron chi connectivity index (χ3n) is 6.59. The Kier molecular flexibility index (Phi) is 6.59. The monoisotopic (exact) mass is 469 g/mol. The summed E-state index contributed by atoms with van der Waals surface area (Å²) in [4.78, 5) is 26.7. The Bertz CT molecular complexity index is 1160. The molecule has 0 spiro atoms. The van der Waals surface area contributed by atoms with Gasteiger partial charge in [-0.2, -0.15) is 4.31 Å². The molecule has 0 saturated carbocycles. The highest BCUT2D eigenvalue weighted by atomic mass is 32.2. The van der Waals surface area contributed by atoms with Crippen LogP contribution in [0.15, 0.2) is 47.4 Å². The van der Waals surface area contributed by atoms with Crippen molar-refractivity contribution in [3.8, 4) is 0 Å². The van der Waals surface area contributed by atoms with Crippen LogP contribution in [0.3, 0.4) is 0 Å². The maximum absolute atomic E-state index is 13.4. The lowest BCUT2D eigenvalue weighted by Crippen LogP contribution is -2.45.